The fourth-order valence-electron chi connectivity index (χ4n) is 3.52. The van der Waals surface area contributed by atoms with E-state index in [1.165, 1.54) is 24.8 Å². The second-order valence-electron chi connectivity index (χ2n) is 6.44. The summed E-state index contributed by atoms with van der Waals surface area (Å²) in [6.45, 7) is 3.20. The van der Waals surface area contributed by atoms with Crippen molar-refractivity contribution in [2.45, 2.75) is 57.4 Å². The summed E-state index contributed by atoms with van der Waals surface area (Å²) in [4.78, 5) is 12.7. The smallest absolute Gasteiger partial charge is 0.252 e. The Labute approximate surface area is 133 Å². The van der Waals surface area contributed by atoms with Gasteiger partial charge in [0, 0.05) is 23.3 Å². The van der Waals surface area contributed by atoms with E-state index in [0.717, 1.165) is 43.5 Å². The molecule has 21 heavy (non-hydrogen) atoms. The standard InChI is InChI=1S/C17H24N2O.ClH/c1-17(10-3-2-4-11-17)19-16(20)14-7-5-9-15-13(14)8-6-12-18-15;/h5,7,9,18H,2-4,6,8,10-12H2,1H3,(H,19,20);1H. The van der Waals surface area contributed by atoms with Crippen LogP contribution in [0.4, 0.5) is 5.69 Å². The fraction of sp³-hybridized carbons (Fsp3) is 0.588. The van der Waals surface area contributed by atoms with E-state index < -0.39 is 0 Å². The highest BCUT2D eigenvalue weighted by atomic mass is 35.5. The van der Waals surface area contributed by atoms with Gasteiger partial charge in [0.1, 0.15) is 0 Å². The molecular weight excluding hydrogens is 284 g/mol. The van der Waals surface area contributed by atoms with Gasteiger partial charge in [0.2, 0.25) is 0 Å². The molecule has 116 valence electrons. The zero-order valence-corrected chi connectivity index (χ0v) is 13.5. The molecule has 0 aromatic heterocycles. The van der Waals surface area contributed by atoms with E-state index in [0.29, 0.717) is 0 Å². The Hall–Kier alpha value is -1.22. The van der Waals surface area contributed by atoms with E-state index in [4.69, 9.17) is 0 Å². The quantitative estimate of drug-likeness (QED) is 0.869. The van der Waals surface area contributed by atoms with Gasteiger partial charge in [-0.05, 0) is 50.3 Å². The minimum absolute atomic E-state index is 0. The molecule has 3 nitrogen and oxygen atoms in total. The van der Waals surface area contributed by atoms with Crippen LogP contribution in [0, 0.1) is 0 Å². The molecule has 1 saturated carbocycles. The zero-order chi connectivity index (χ0) is 14.0. The van der Waals surface area contributed by atoms with Crippen molar-refractivity contribution in [1.29, 1.82) is 0 Å². The third kappa shape index (κ3) is 3.52. The summed E-state index contributed by atoms with van der Waals surface area (Å²) >= 11 is 0. The van der Waals surface area contributed by atoms with Gasteiger partial charge in [-0.2, -0.15) is 0 Å². The monoisotopic (exact) mass is 308 g/mol. The maximum Gasteiger partial charge on any atom is 0.252 e. The van der Waals surface area contributed by atoms with Gasteiger partial charge in [-0.1, -0.05) is 25.3 Å². The Morgan fingerprint density at radius 2 is 1.95 bits per heavy atom. The summed E-state index contributed by atoms with van der Waals surface area (Å²) in [5, 5.41) is 6.69. The van der Waals surface area contributed by atoms with E-state index in [-0.39, 0.29) is 23.9 Å². The number of amides is 1. The Bertz CT molecular complexity index is 510. The fourth-order valence-corrected chi connectivity index (χ4v) is 3.52. The Balaban J connectivity index is 0.00000161. The second-order valence-corrected chi connectivity index (χ2v) is 6.44. The molecule has 1 aromatic rings. The molecule has 3 rings (SSSR count). The molecule has 4 heteroatoms. The summed E-state index contributed by atoms with van der Waals surface area (Å²) < 4.78 is 0. The molecule has 1 aromatic carbocycles. The molecule has 2 aliphatic rings. The average Bonchev–Trinajstić information content (AvgIpc) is 2.47. The summed E-state index contributed by atoms with van der Waals surface area (Å²) in [6, 6.07) is 6.02. The molecule has 1 aliphatic heterocycles. The van der Waals surface area contributed by atoms with Crippen molar-refractivity contribution in [3.8, 4) is 0 Å². The molecule has 1 aliphatic carbocycles. The van der Waals surface area contributed by atoms with Gasteiger partial charge in [-0.25, -0.2) is 0 Å². The molecule has 1 amide bonds. The van der Waals surface area contributed by atoms with Crippen molar-refractivity contribution >= 4 is 24.0 Å². The number of carbonyl (C=O) groups excluding carboxylic acids is 1. The van der Waals surface area contributed by atoms with Crippen LogP contribution in [-0.4, -0.2) is 18.0 Å². The Morgan fingerprint density at radius 3 is 2.71 bits per heavy atom. The summed E-state index contributed by atoms with van der Waals surface area (Å²) in [6.07, 6.45) is 8.07. The maximum atomic E-state index is 12.7. The number of hydrogen-bond acceptors (Lipinski definition) is 2. The molecule has 0 unspecified atom stereocenters. The van der Waals surface area contributed by atoms with Crippen LogP contribution in [0.3, 0.4) is 0 Å². The van der Waals surface area contributed by atoms with Crippen molar-refractivity contribution in [3.63, 3.8) is 0 Å². The molecule has 1 fully saturated rings. The number of hydrogen-bond donors (Lipinski definition) is 2. The van der Waals surface area contributed by atoms with Gasteiger partial charge in [0.05, 0.1) is 0 Å². The highest BCUT2D eigenvalue weighted by molar-refractivity contribution is 5.97. The lowest BCUT2D eigenvalue weighted by Gasteiger charge is -2.35. The minimum atomic E-state index is -0.0137. The first kappa shape index (κ1) is 16.2. The van der Waals surface area contributed by atoms with Crippen molar-refractivity contribution < 1.29 is 4.79 Å². The SMILES string of the molecule is CC1(NC(=O)c2cccc3c2CCCN3)CCCCC1.Cl. The van der Waals surface area contributed by atoms with E-state index in [9.17, 15) is 4.79 Å². The van der Waals surface area contributed by atoms with Crippen molar-refractivity contribution in [1.82, 2.24) is 5.32 Å². The van der Waals surface area contributed by atoms with Crippen molar-refractivity contribution in [2.24, 2.45) is 0 Å². The molecule has 1 heterocycles. The minimum Gasteiger partial charge on any atom is -0.385 e. The first-order valence-corrected chi connectivity index (χ1v) is 7.86. The van der Waals surface area contributed by atoms with Crippen LogP contribution in [-0.2, 0) is 6.42 Å². The lowest BCUT2D eigenvalue weighted by molar-refractivity contribution is 0.0881. The lowest BCUT2D eigenvalue weighted by Crippen LogP contribution is -2.47. The average molecular weight is 309 g/mol. The second kappa shape index (κ2) is 6.69. The summed E-state index contributed by atoms with van der Waals surface area (Å²) in [7, 11) is 0. The highest BCUT2D eigenvalue weighted by Gasteiger charge is 2.29. The third-order valence-electron chi connectivity index (χ3n) is 4.71. The number of anilines is 1. The van der Waals surface area contributed by atoms with Crippen LogP contribution in [0.1, 0.15) is 61.4 Å². The van der Waals surface area contributed by atoms with Crippen LogP contribution < -0.4 is 10.6 Å². The molecule has 0 atom stereocenters. The van der Waals surface area contributed by atoms with Gasteiger partial charge in [-0.3, -0.25) is 4.79 Å². The van der Waals surface area contributed by atoms with E-state index in [1.54, 1.807) is 0 Å². The van der Waals surface area contributed by atoms with Gasteiger partial charge < -0.3 is 10.6 Å². The number of halogens is 1. The van der Waals surface area contributed by atoms with Crippen LogP contribution in [0.5, 0.6) is 0 Å². The number of carbonyl (C=O) groups is 1. The lowest BCUT2D eigenvalue weighted by atomic mass is 9.83. The predicted molar refractivity (Wildman–Crippen MR) is 89.5 cm³/mol. The van der Waals surface area contributed by atoms with Gasteiger partial charge in [0.25, 0.3) is 5.91 Å². The van der Waals surface area contributed by atoms with Crippen LogP contribution >= 0.6 is 12.4 Å². The topological polar surface area (TPSA) is 41.1 Å². The van der Waals surface area contributed by atoms with Gasteiger partial charge in [0.15, 0.2) is 0 Å². The molecule has 0 radical (unpaired) electrons. The van der Waals surface area contributed by atoms with Crippen LogP contribution in [0.25, 0.3) is 0 Å². The number of benzene rings is 1. The maximum absolute atomic E-state index is 12.7. The normalized spacial score (nSPS) is 19.7. The van der Waals surface area contributed by atoms with Crippen molar-refractivity contribution in [2.75, 3.05) is 11.9 Å². The zero-order valence-electron chi connectivity index (χ0n) is 12.7. The first-order chi connectivity index (χ1) is 9.68. The summed E-state index contributed by atoms with van der Waals surface area (Å²) in [5.74, 6) is 0.106. The summed E-state index contributed by atoms with van der Waals surface area (Å²) in [5.41, 5.74) is 3.18. The first-order valence-electron chi connectivity index (χ1n) is 7.86. The predicted octanol–water partition coefficient (Wildman–Crippen LogP) is 3.92. The number of rotatable bonds is 2. The van der Waals surface area contributed by atoms with Crippen LogP contribution in [0.15, 0.2) is 18.2 Å². The largest absolute Gasteiger partial charge is 0.385 e. The van der Waals surface area contributed by atoms with E-state index >= 15 is 0 Å². The molecule has 0 saturated heterocycles. The molecule has 2 N–H and O–H groups in total. The molecule has 0 bridgehead atoms. The number of fused-ring (bicyclic) bond motifs is 1. The van der Waals surface area contributed by atoms with Gasteiger partial charge in [-0.15, -0.1) is 12.4 Å². The van der Waals surface area contributed by atoms with Crippen molar-refractivity contribution in [3.05, 3.63) is 29.3 Å². The van der Waals surface area contributed by atoms with E-state index in [1.807, 2.05) is 12.1 Å². The van der Waals surface area contributed by atoms with E-state index in [2.05, 4.69) is 23.6 Å². The molecular formula is C17H25ClN2O. The number of nitrogens with one attached hydrogen (secondary N) is 2. The highest BCUT2D eigenvalue weighted by Crippen LogP contribution is 2.29. The molecule has 0 spiro atoms. The third-order valence-corrected chi connectivity index (χ3v) is 4.71. The Kier molecular flexibility index (Phi) is 5.15. The Morgan fingerprint density at radius 1 is 1.19 bits per heavy atom. The van der Waals surface area contributed by atoms with Gasteiger partial charge >= 0.3 is 0 Å². The van der Waals surface area contributed by atoms with Crippen LogP contribution in [0.2, 0.25) is 0 Å².